The molecule has 0 saturated carbocycles. The predicted molar refractivity (Wildman–Crippen MR) is 140 cm³/mol. The lowest BCUT2D eigenvalue weighted by Gasteiger charge is -2.31. The summed E-state index contributed by atoms with van der Waals surface area (Å²) in [4.78, 5) is 49.3. The van der Waals surface area contributed by atoms with E-state index in [4.69, 9.17) is 28.4 Å². The van der Waals surface area contributed by atoms with Crippen molar-refractivity contribution in [3.63, 3.8) is 0 Å². The maximum absolute atomic E-state index is 12.5. The van der Waals surface area contributed by atoms with Crippen LogP contribution in [0.15, 0.2) is 18.2 Å². The first-order valence-electron chi connectivity index (χ1n) is 12.9. The molecular weight excluding hydrogens is 514 g/mol. The van der Waals surface area contributed by atoms with Gasteiger partial charge in [0.25, 0.3) is 5.72 Å². The third kappa shape index (κ3) is 11.0. The highest BCUT2D eigenvalue weighted by molar-refractivity contribution is 5.80. The minimum absolute atomic E-state index is 0.00502. The zero-order valence-corrected chi connectivity index (χ0v) is 24.1. The molecule has 12 nitrogen and oxygen atoms in total. The number of hydrogen-bond acceptors (Lipinski definition) is 11. The molecule has 0 aliphatic rings. The van der Waals surface area contributed by atoms with Gasteiger partial charge in [-0.05, 0) is 64.2 Å². The van der Waals surface area contributed by atoms with Gasteiger partial charge in [0, 0.05) is 12.5 Å². The Morgan fingerprint density at radius 1 is 0.821 bits per heavy atom. The minimum atomic E-state index is -2.22. The molecule has 2 unspecified atom stereocenters. The smallest absolute Gasteiger partial charge is 0.477 e. The van der Waals surface area contributed by atoms with Gasteiger partial charge in [-0.1, -0.05) is 33.8 Å². The van der Waals surface area contributed by atoms with Crippen LogP contribution in [0.2, 0.25) is 0 Å². The molecule has 12 heteroatoms. The molecule has 0 spiro atoms. The molecule has 1 rings (SSSR count). The molecule has 39 heavy (non-hydrogen) atoms. The molecule has 1 aromatic rings. The van der Waals surface area contributed by atoms with Crippen molar-refractivity contribution in [1.82, 2.24) is 5.32 Å². The molecule has 2 N–H and O–H groups in total. The number of carboxylic acid groups (broad SMARTS) is 1. The highest BCUT2D eigenvalue weighted by atomic mass is 16.8. The summed E-state index contributed by atoms with van der Waals surface area (Å²) in [6.07, 6.45) is -4.59. The van der Waals surface area contributed by atoms with Gasteiger partial charge < -0.3 is 33.5 Å². The van der Waals surface area contributed by atoms with Crippen LogP contribution >= 0.6 is 0 Å². The SMILES string of the molecule is CCOC(=O)O[C@](Cc1ccc(OC(=O)OC(C)C(C)C)c(OC(=O)OC(C)C(C)C)c1)(NC(C)C)C(=O)O. The van der Waals surface area contributed by atoms with E-state index in [1.807, 2.05) is 27.7 Å². The summed E-state index contributed by atoms with van der Waals surface area (Å²) in [5.41, 5.74) is -1.97. The molecule has 0 aliphatic heterocycles. The standard InChI is InChI=1S/C27H41NO11/c1-10-34-24(31)39-27(23(29)30,28-17(6)7)14-20-11-12-21(37-25(32)35-18(8)15(2)3)22(13-20)38-26(33)36-19(9)16(4)5/h11-13,15-19,28H,10,14H2,1-9H3,(H,29,30)/t18?,19?,27-/m0/s1. The van der Waals surface area contributed by atoms with E-state index in [0.717, 1.165) is 0 Å². The maximum Gasteiger partial charge on any atom is 0.514 e. The number of carbonyl (C=O) groups excluding carboxylic acids is 3. The molecule has 1 aromatic carbocycles. The molecule has 220 valence electrons. The number of carbonyl (C=O) groups is 4. The molecule has 0 heterocycles. The normalized spacial score (nSPS) is 14.3. The number of carboxylic acids is 1. The first-order valence-corrected chi connectivity index (χ1v) is 12.9. The van der Waals surface area contributed by atoms with Gasteiger partial charge in [-0.25, -0.2) is 19.2 Å². The van der Waals surface area contributed by atoms with Crippen LogP contribution in [0, 0.1) is 11.8 Å². The fourth-order valence-electron chi connectivity index (χ4n) is 2.97. The molecule has 0 saturated heterocycles. The van der Waals surface area contributed by atoms with Crippen LogP contribution in [0.25, 0.3) is 0 Å². The van der Waals surface area contributed by atoms with Crippen LogP contribution in [0.3, 0.4) is 0 Å². The summed E-state index contributed by atoms with van der Waals surface area (Å²) in [5, 5.41) is 12.8. The lowest BCUT2D eigenvalue weighted by Crippen LogP contribution is -2.59. The van der Waals surface area contributed by atoms with Crippen molar-refractivity contribution in [1.29, 1.82) is 0 Å². The summed E-state index contributed by atoms with van der Waals surface area (Å²) in [6, 6.07) is 3.60. The molecule has 3 atom stereocenters. The Kier molecular flexibility index (Phi) is 13.0. The minimum Gasteiger partial charge on any atom is -0.477 e. The van der Waals surface area contributed by atoms with Crippen molar-refractivity contribution in [2.75, 3.05) is 6.61 Å². The molecule has 0 amide bonds. The van der Waals surface area contributed by atoms with E-state index in [2.05, 4.69) is 5.32 Å². The van der Waals surface area contributed by atoms with E-state index in [-0.39, 0.29) is 35.5 Å². The van der Waals surface area contributed by atoms with Gasteiger partial charge in [0.05, 0.1) is 6.61 Å². The first kappa shape index (κ1) is 33.5. The van der Waals surface area contributed by atoms with Crippen LogP contribution in [0.1, 0.15) is 67.9 Å². The average molecular weight is 556 g/mol. The Morgan fingerprint density at radius 2 is 1.33 bits per heavy atom. The van der Waals surface area contributed by atoms with Gasteiger partial charge in [-0.15, -0.1) is 0 Å². The fourth-order valence-corrected chi connectivity index (χ4v) is 2.97. The van der Waals surface area contributed by atoms with Crippen molar-refractivity contribution >= 4 is 24.4 Å². The number of rotatable bonds is 13. The molecule has 0 bridgehead atoms. The summed E-state index contributed by atoms with van der Waals surface area (Å²) in [6.45, 7) is 15.7. The van der Waals surface area contributed by atoms with E-state index < -0.39 is 54.8 Å². The number of nitrogens with one attached hydrogen (secondary N) is 1. The second-order valence-corrected chi connectivity index (χ2v) is 10.0. The monoisotopic (exact) mass is 555 g/mol. The van der Waals surface area contributed by atoms with E-state index in [1.54, 1.807) is 34.6 Å². The number of aliphatic carboxylic acids is 1. The van der Waals surface area contributed by atoms with Gasteiger partial charge in [0.1, 0.15) is 12.2 Å². The second-order valence-electron chi connectivity index (χ2n) is 10.0. The Hall–Kier alpha value is -3.54. The molecule has 0 fully saturated rings. The quantitative estimate of drug-likeness (QED) is 0.140. The third-order valence-corrected chi connectivity index (χ3v) is 5.68. The highest BCUT2D eigenvalue weighted by Gasteiger charge is 2.44. The Labute approximate surface area is 229 Å². The number of ether oxygens (including phenoxy) is 6. The number of benzene rings is 1. The van der Waals surface area contributed by atoms with Crippen molar-refractivity contribution in [2.24, 2.45) is 11.8 Å². The zero-order chi connectivity index (χ0) is 29.9. The van der Waals surface area contributed by atoms with Crippen molar-refractivity contribution in [3.8, 4) is 11.5 Å². The summed E-state index contributed by atoms with van der Waals surface area (Å²) in [5.74, 6) is -1.85. The van der Waals surface area contributed by atoms with Crippen LogP contribution in [0.4, 0.5) is 14.4 Å². The van der Waals surface area contributed by atoms with E-state index >= 15 is 0 Å². The van der Waals surface area contributed by atoms with Gasteiger partial charge in [-0.3, -0.25) is 5.32 Å². The predicted octanol–water partition coefficient (Wildman–Crippen LogP) is 5.30. The molecular formula is C27H41NO11. The van der Waals surface area contributed by atoms with E-state index in [0.29, 0.717) is 0 Å². The summed E-state index contributed by atoms with van der Waals surface area (Å²) in [7, 11) is 0. The third-order valence-electron chi connectivity index (χ3n) is 5.68. The molecule has 0 radical (unpaired) electrons. The van der Waals surface area contributed by atoms with Crippen molar-refractivity contribution < 1.29 is 52.7 Å². The van der Waals surface area contributed by atoms with Crippen molar-refractivity contribution in [3.05, 3.63) is 23.8 Å². The summed E-state index contributed by atoms with van der Waals surface area (Å²) >= 11 is 0. The highest BCUT2D eigenvalue weighted by Crippen LogP contribution is 2.32. The number of hydrogen-bond donors (Lipinski definition) is 2. The van der Waals surface area contributed by atoms with Crippen LogP contribution in [0.5, 0.6) is 11.5 Å². The topological polar surface area (TPSA) is 156 Å². The zero-order valence-electron chi connectivity index (χ0n) is 24.1. The summed E-state index contributed by atoms with van der Waals surface area (Å²) < 4.78 is 31.1. The van der Waals surface area contributed by atoms with Crippen molar-refractivity contribution in [2.45, 2.75) is 92.7 Å². The van der Waals surface area contributed by atoms with Gasteiger partial charge >= 0.3 is 24.4 Å². The van der Waals surface area contributed by atoms with Crippen LogP contribution in [-0.2, 0) is 30.2 Å². The first-order chi connectivity index (χ1) is 18.1. The fraction of sp³-hybridized carbons (Fsp3) is 0.630. The second kappa shape index (κ2) is 15.2. The van der Waals surface area contributed by atoms with Crippen LogP contribution in [-0.4, -0.2) is 60.1 Å². The Balaban J connectivity index is 3.43. The van der Waals surface area contributed by atoms with Gasteiger partial charge in [-0.2, -0.15) is 0 Å². The lowest BCUT2D eigenvalue weighted by molar-refractivity contribution is -0.166. The average Bonchev–Trinajstić information content (AvgIpc) is 2.79. The maximum atomic E-state index is 12.5. The lowest BCUT2D eigenvalue weighted by atomic mass is 10.0. The Bertz CT molecular complexity index is 992. The van der Waals surface area contributed by atoms with Gasteiger partial charge in [0.2, 0.25) is 0 Å². The molecule has 0 aromatic heterocycles. The molecule has 0 aliphatic carbocycles. The van der Waals surface area contributed by atoms with E-state index in [9.17, 15) is 24.3 Å². The van der Waals surface area contributed by atoms with Crippen LogP contribution < -0.4 is 14.8 Å². The van der Waals surface area contributed by atoms with Gasteiger partial charge in [0.15, 0.2) is 11.5 Å². The Morgan fingerprint density at radius 3 is 1.77 bits per heavy atom. The largest absolute Gasteiger partial charge is 0.514 e. The van der Waals surface area contributed by atoms with E-state index in [1.165, 1.54) is 18.2 Å².